The van der Waals surface area contributed by atoms with Gasteiger partial charge in [-0.05, 0) is 36.8 Å². The molecule has 0 atom stereocenters. The van der Waals surface area contributed by atoms with Gasteiger partial charge in [0.05, 0.1) is 16.5 Å². The lowest BCUT2D eigenvalue weighted by molar-refractivity contribution is 0.601. The van der Waals surface area contributed by atoms with Crippen LogP contribution < -0.4 is 4.72 Å². The predicted octanol–water partition coefficient (Wildman–Crippen LogP) is 2.56. The number of nitrogens with zero attached hydrogens (tertiary/aromatic N) is 4. The lowest BCUT2D eigenvalue weighted by atomic mass is 10.2. The van der Waals surface area contributed by atoms with Crippen LogP contribution in [0.15, 0.2) is 53.4 Å². The third-order valence-corrected chi connectivity index (χ3v) is 5.63. The molecule has 0 unspecified atom stereocenters. The van der Waals surface area contributed by atoms with Gasteiger partial charge in [0.15, 0.2) is 5.82 Å². The molecule has 2 aromatic carbocycles. The van der Waals surface area contributed by atoms with Gasteiger partial charge >= 0.3 is 0 Å². The van der Waals surface area contributed by atoms with Crippen LogP contribution in [0.4, 0.5) is 5.69 Å². The van der Waals surface area contributed by atoms with E-state index in [1.165, 1.54) is 12.1 Å². The van der Waals surface area contributed by atoms with Gasteiger partial charge in [-0.3, -0.25) is 4.72 Å². The molecule has 130 valence electrons. The average Bonchev–Trinajstić information content (AvgIpc) is 3.25. The van der Waals surface area contributed by atoms with Crippen LogP contribution in [0.25, 0.3) is 11.4 Å². The van der Waals surface area contributed by atoms with Crippen molar-refractivity contribution in [1.29, 1.82) is 5.26 Å². The molecule has 0 spiro atoms. The van der Waals surface area contributed by atoms with Gasteiger partial charge in [-0.1, -0.05) is 18.2 Å². The quantitative estimate of drug-likeness (QED) is 0.766. The number of aromatic nitrogens is 3. The van der Waals surface area contributed by atoms with Crippen LogP contribution in [-0.4, -0.2) is 23.2 Å². The summed E-state index contributed by atoms with van der Waals surface area (Å²) in [5.41, 5.74) is 1.53. The summed E-state index contributed by atoms with van der Waals surface area (Å²) in [6, 6.07) is 14.9. The Morgan fingerprint density at radius 1 is 1.12 bits per heavy atom. The number of sulfonamides is 1. The standard InChI is InChI=1S/C18H15N5O2S/c19-12-13-4-1-7-16(10-13)26(24,25)22-15-6-2-5-14(11-15)18-21-20-17-8-3-9-23(17)18/h1-2,4-7,10-11,22H,3,8-9H2. The fourth-order valence-corrected chi connectivity index (χ4v) is 4.13. The van der Waals surface area contributed by atoms with Crippen molar-refractivity contribution in [2.45, 2.75) is 24.3 Å². The van der Waals surface area contributed by atoms with Crippen LogP contribution in [0.5, 0.6) is 0 Å². The maximum atomic E-state index is 12.6. The molecule has 0 bridgehead atoms. The number of benzene rings is 2. The van der Waals surface area contributed by atoms with E-state index in [-0.39, 0.29) is 4.90 Å². The summed E-state index contributed by atoms with van der Waals surface area (Å²) in [6.45, 7) is 0.870. The summed E-state index contributed by atoms with van der Waals surface area (Å²) in [7, 11) is -3.79. The Bertz CT molecular complexity index is 1130. The minimum absolute atomic E-state index is 0.0466. The van der Waals surface area contributed by atoms with Crippen LogP contribution in [0.3, 0.4) is 0 Å². The molecule has 0 aliphatic carbocycles. The maximum absolute atomic E-state index is 12.6. The minimum Gasteiger partial charge on any atom is -0.311 e. The van der Waals surface area contributed by atoms with Crippen molar-refractivity contribution in [3.63, 3.8) is 0 Å². The van der Waals surface area contributed by atoms with E-state index in [4.69, 9.17) is 5.26 Å². The second-order valence-electron chi connectivity index (χ2n) is 6.02. The molecule has 0 saturated heterocycles. The zero-order valence-corrected chi connectivity index (χ0v) is 14.6. The van der Waals surface area contributed by atoms with Crippen LogP contribution in [0.1, 0.15) is 17.8 Å². The molecule has 26 heavy (non-hydrogen) atoms. The number of aryl methyl sites for hydroxylation is 1. The number of nitrogens with one attached hydrogen (secondary N) is 1. The van der Waals surface area contributed by atoms with E-state index in [9.17, 15) is 8.42 Å². The highest BCUT2D eigenvalue weighted by atomic mass is 32.2. The Hall–Kier alpha value is -3.18. The third-order valence-electron chi connectivity index (χ3n) is 4.26. The summed E-state index contributed by atoms with van der Waals surface area (Å²) >= 11 is 0. The summed E-state index contributed by atoms with van der Waals surface area (Å²) in [5, 5.41) is 17.4. The lowest BCUT2D eigenvalue weighted by Crippen LogP contribution is -2.13. The van der Waals surface area contributed by atoms with Crippen molar-refractivity contribution in [2.24, 2.45) is 0 Å². The number of fused-ring (bicyclic) bond motifs is 1. The van der Waals surface area contributed by atoms with E-state index >= 15 is 0 Å². The number of hydrogen-bond donors (Lipinski definition) is 1. The maximum Gasteiger partial charge on any atom is 0.261 e. The highest BCUT2D eigenvalue weighted by molar-refractivity contribution is 7.92. The molecule has 0 amide bonds. The first-order chi connectivity index (χ1) is 12.6. The molecule has 0 radical (unpaired) electrons. The highest BCUT2D eigenvalue weighted by Crippen LogP contribution is 2.26. The SMILES string of the molecule is N#Cc1cccc(S(=O)(=O)Nc2cccc(-c3nnc4n3CCC4)c2)c1. The van der Waals surface area contributed by atoms with Crippen molar-refractivity contribution in [3.05, 3.63) is 59.9 Å². The van der Waals surface area contributed by atoms with E-state index in [1.54, 1.807) is 30.3 Å². The summed E-state index contributed by atoms with van der Waals surface area (Å²) in [5.74, 6) is 1.70. The predicted molar refractivity (Wildman–Crippen MR) is 95.7 cm³/mol. The topological polar surface area (TPSA) is 101 Å². The Morgan fingerprint density at radius 3 is 2.81 bits per heavy atom. The first kappa shape index (κ1) is 16.3. The minimum atomic E-state index is -3.79. The van der Waals surface area contributed by atoms with Crippen molar-refractivity contribution in [1.82, 2.24) is 14.8 Å². The van der Waals surface area contributed by atoms with E-state index in [0.29, 0.717) is 11.3 Å². The largest absolute Gasteiger partial charge is 0.311 e. The van der Waals surface area contributed by atoms with Crippen molar-refractivity contribution >= 4 is 15.7 Å². The molecule has 4 rings (SSSR count). The van der Waals surface area contributed by atoms with Crippen LogP contribution >= 0.6 is 0 Å². The molecule has 1 aliphatic heterocycles. The lowest BCUT2D eigenvalue weighted by Gasteiger charge is -2.10. The fraction of sp³-hybridized carbons (Fsp3) is 0.167. The smallest absolute Gasteiger partial charge is 0.261 e. The first-order valence-corrected chi connectivity index (χ1v) is 9.61. The molecule has 1 aromatic heterocycles. The van der Waals surface area contributed by atoms with Gasteiger partial charge in [-0.2, -0.15) is 5.26 Å². The van der Waals surface area contributed by atoms with Gasteiger partial charge in [-0.15, -0.1) is 10.2 Å². The zero-order valence-electron chi connectivity index (χ0n) is 13.8. The summed E-state index contributed by atoms with van der Waals surface area (Å²) in [6.07, 6.45) is 1.95. The Morgan fingerprint density at radius 2 is 1.96 bits per heavy atom. The van der Waals surface area contributed by atoms with E-state index < -0.39 is 10.0 Å². The van der Waals surface area contributed by atoms with E-state index in [0.717, 1.165) is 36.6 Å². The average molecular weight is 365 g/mol. The molecule has 2 heterocycles. The van der Waals surface area contributed by atoms with Gasteiger partial charge in [0.1, 0.15) is 5.82 Å². The summed E-state index contributed by atoms with van der Waals surface area (Å²) in [4.78, 5) is 0.0466. The van der Waals surface area contributed by atoms with Crippen LogP contribution in [0.2, 0.25) is 0 Å². The molecule has 7 nitrogen and oxygen atoms in total. The molecule has 8 heteroatoms. The van der Waals surface area contributed by atoms with Gasteiger partial charge < -0.3 is 4.57 Å². The van der Waals surface area contributed by atoms with Crippen molar-refractivity contribution in [2.75, 3.05) is 4.72 Å². The molecule has 3 aromatic rings. The van der Waals surface area contributed by atoms with Gasteiger partial charge in [0, 0.05) is 24.2 Å². The van der Waals surface area contributed by atoms with Crippen molar-refractivity contribution < 1.29 is 8.42 Å². The monoisotopic (exact) mass is 365 g/mol. The molecular weight excluding hydrogens is 350 g/mol. The molecule has 0 fully saturated rings. The van der Waals surface area contributed by atoms with Crippen LogP contribution in [-0.2, 0) is 23.0 Å². The third kappa shape index (κ3) is 2.93. The van der Waals surface area contributed by atoms with Crippen molar-refractivity contribution in [3.8, 4) is 17.5 Å². The van der Waals surface area contributed by atoms with E-state index in [1.807, 2.05) is 12.1 Å². The zero-order chi connectivity index (χ0) is 18.1. The molecule has 1 N–H and O–H groups in total. The Balaban J connectivity index is 1.66. The van der Waals surface area contributed by atoms with Crippen LogP contribution in [0, 0.1) is 11.3 Å². The number of anilines is 1. The first-order valence-electron chi connectivity index (χ1n) is 8.12. The fourth-order valence-electron chi connectivity index (χ4n) is 3.03. The molecular formula is C18H15N5O2S. The Kier molecular flexibility index (Phi) is 3.93. The Labute approximate surface area is 151 Å². The second kappa shape index (κ2) is 6.28. The number of nitriles is 1. The van der Waals surface area contributed by atoms with Gasteiger partial charge in [0.25, 0.3) is 10.0 Å². The highest BCUT2D eigenvalue weighted by Gasteiger charge is 2.19. The molecule has 0 saturated carbocycles. The van der Waals surface area contributed by atoms with Gasteiger partial charge in [0.2, 0.25) is 0 Å². The normalized spacial score (nSPS) is 13.2. The van der Waals surface area contributed by atoms with E-state index in [2.05, 4.69) is 19.5 Å². The molecule has 1 aliphatic rings. The van der Waals surface area contributed by atoms with Gasteiger partial charge in [-0.25, -0.2) is 8.42 Å². The number of rotatable bonds is 4. The number of hydrogen-bond acceptors (Lipinski definition) is 5. The second-order valence-corrected chi connectivity index (χ2v) is 7.70. The summed E-state index contributed by atoms with van der Waals surface area (Å²) < 4.78 is 29.8.